The minimum absolute atomic E-state index is 0.0157. The zero-order valence-electron chi connectivity index (χ0n) is 15.5. The predicted molar refractivity (Wildman–Crippen MR) is 111 cm³/mol. The van der Waals surface area contributed by atoms with Gasteiger partial charge in [0.15, 0.2) is 6.54 Å². The van der Waals surface area contributed by atoms with Crippen molar-refractivity contribution >= 4 is 34.6 Å². The van der Waals surface area contributed by atoms with Crippen molar-refractivity contribution in [1.82, 2.24) is 5.01 Å². The van der Waals surface area contributed by atoms with Crippen molar-refractivity contribution in [3.05, 3.63) is 81.4 Å². The molecule has 4 rings (SSSR count). The van der Waals surface area contributed by atoms with Crippen molar-refractivity contribution in [2.24, 2.45) is 5.10 Å². The summed E-state index contributed by atoms with van der Waals surface area (Å²) >= 11 is 7.67. The van der Waals surface area contributed by atoms with Crippen LogP contribution in [0.25, 0.3) is 0 Å². The van der Waals surface area contributed by atoms with Gasteiger partial charge in [0.2, 0.25) is 0 Å². The van der Waals surface area contributed by atoms with Gasteiger partial charge in [-0.1, -0.05) is 23.7 Å². The van der Waals surface area contributed by atoms with E-state index in [-0.39, 0.29) is 11.9 Å². The SMILES string of the molecule is C[NH+](CC(=O)N1N=C(c2ccc(Cl)cc2)C[C@H]1c1ccco1)Cc1ccsc1. The van der Waals surface area contributed by atoms with Gasteiger partial charge in [0.25, 0.3) is 5.91 Å². The van der Waals surface area contributed by atoms with Crippen LogP contribution in [0.3, 0.4) is 0 Å². The van der Waals surface area contributed by atoms with Crippen LogP contribution >= 0.6 is 22.9 Å². The molecule has 28 heavy (non-hydrogen) atoms. The average molecular weight is 415 g/mol. The number of hydrazone groups is 1. The number of furan rings is 1. The van der Waals surface area contributed by atoms with Gasteiger partial charge in [-0.05, 0) is 46.7 Å². The molecule has 0 saturated carbocycles. The smallest absolute Gasteiger partial charge is 0.298 e. The van der Waals surface area contributed by atoms with E-state index in [1.807, 2.05) is 43.4 Å². The second kappa shape index (κ2) is 8.31. The molecule has 3 aromatic rings. The molecular weight excluding hydrogens is 394 g/mol. The molecule has 0 radical (unpaired) electrons. The van der Waals surface area contributed by atoms with Crippen LogP contribution in [-0.2, 0) is 11.3 Å². The molecule has 5 nitrogen and oxygen atoms in total. The largest absolute Gasteiger partial charge is 0.467 e. The van der Waals surface area contributed by atoms with Crippen molar-refractivity contribution in [2.75, 3.05) is 13.6 Å². The number of rotatable bonds is 6. The highest BCUT2D eigenvalue weighted by molar-refractivity contribution is 7.07. The van der Waals surface area contributed by atoms with E-state index >= 15 is 0 Å². The van der Waals surface area contributed by atoms with Gasteiger partial charge >= 0.3 is 0 Å². The molecule has 0 aliphatic carbocycles. The lowest BCUT2D eigenvalue weighted by Crippen LogP contribution is -3.08. The minimum atomic E-state index is -0.220. The van der Waals surface area contributed by atoms with E-state index in [1.54, 1.807) is 22.6 Å². The first kappa shape index (κ1) is 18.9. The standard InChI is InChI=1S/C21H20ClN3O2S/c1-24(12-15-8-10-28-14-15)13-21(26)25-19(20-3-2-9-27-20)11-18(23-25)16-4-6-17(22)7-5-16/h2-10,14,19H,11-13H2,1H3/p+1/t19-/m0/s1. The number of benzene rings is 1. The molecule has 1 amide bonds. The second-order valence-corrected chi connectivity index (χ2v) is 8.19. The molecule has 0 saturated heterocycles. The molecule has 1 N–H and O–H groups in total. The number of quaternary nitrogens is 1. The van der Waals surface area contributed by atoms with Crippen molar-refractivity contribution in [1.29, 1.82) is 0 Å². The number of halogens is 1. The van der Waals surface area contributed by atoms with Crippen LogP contribution in [0.2, 0.25) is 5.02 Å². The first-order valence-electron chi connectivity index (χ1n) is 9.11. The number of hydrogen-bond donors (Lipinski definition) is 1. The first-order chi connectivity index (χ1) is 13.6. The van der Waals surface area contributed by atoms with Gasteiger partial charge < -0.3 is 9.32 Å². The van der Waals surface area contributed by atoms with Crippen molar-refractivity contribution in [3.8, 4) is 0 Å². The Bertz CT molecular complexity index is 952. The normalized spacial score (nSPS) is 17.6. The van der Waals surface area contributed by atoms with E-state index in [9.17, 15) is 4.79 Å². The Labute approximate surface area is 172 Å². The summed E-state index contributed by atoms with van der Waals surface area (Å²) in [6.07, 6.45) is 2.25. The Balaban J connectivity index is 1.53. The van der Waals surface area contributed by atoms with Crippen LogP contribution in [0.5, 0.6) is 0 Å². The van der Waals surface area contributed by atoms with Crippen LogP contribution in [0.1, 0.15) is 29.3 Å². The molecule has 1 aromatic carbocycles. The second-order valence-electron chi connectivity index (χ2n) is 6.97. The summed E-state index contributed by atoms with van der Waals surface area (Å²) in [6.45, 7) is 1.17. The lowest BCUT2D eigenvalue weighted by atomic mass is 10.0. The van der Waals surface area contributed by atoms with Gasteiger partial charge in [-0.3, -0.25) is 4.79 Å². The Kier molecular flexibility index (Phi) is 5.62. The van der Waals surface area contributed by atoms with E-state index in [2.05, 4.69) is 21.9 Å². The summed E-state index contributed by atoms with van der Waals surface area (Å²) < 4.78 is 5.60. The van der Waals surface area contributed by atoms with Gasteiger partial charge in [0, 0.05) is 17.0 Å². The maximum Gasteiger partial charge on any atom is 0.298 e. The fourth-order valence-electron chi connectivity index (χ4n) is 3.40. The third kappa shape index (κ3) is 4.19. The molecule has 1 aliphatic rings. The Morgan fingerprint density at radius 2 is 2.14 bits per heavy atom. The molecule has 0 spiro atoms. The molecular formula is C21H21ClN3O2S+. The monoisotopic (exact) mass is 414 g/mol. The summed E-state index contributed by atoms with van der Waals surface area (Å²) in [5, 5.41) is 11.1. The zero-order valence-corrected chi connectivity index (χ0v) is 17.0. The van der Waals surface area contributed by atoms with Crippen LogP contribution in [-0.4, -0.2) is 30.2 Å². The quantitative estimate of drug-likeness (QED) is 0.672. The molecule has 0 bridgehead atoms. The maximum atomic E-state index is 13.1. The van der Waals surface area contributed by atoms with Gasteiger partial charge in [-0.25, -0.2) is 5.01 Å². The van der Waals surface area contributed by atoms with Crippen LogP contribution in [0.15, 0.2) is 69.0 Å². The molecule has 7 heteroatoms. The Morgan fingerprint density at radius 1 is 1.32 bits per heavy atom. The molecule has 2 atom stereocenters. The van der Waals surface area contributed by atoms with Gasteiger partial charge in [-0.15, -0.1) is 0 Å². The number of nitrogens with one attached hydrogen (secondary N) is 1. The fraction of sp³-hybridized carbons (Fsp3) is 0.238. The highest BCUT2D eigenvalue weighted by Gasteiger charge is 2.35. The van der Waals surface area contributed by atoms with E-state index in [0.717, 1.165) is 28.5 Å². The molecule has 1 unspecified atom stereocenters. The number of likely N-dealkylation sites (N-methyl/N-ethyl adjacent to an activating group) is 1. The van der Waals surface area contributed by atoms with Crippen LogP contribution in [0, 0.1) is 0 Å². The predicted octanol–water partition coefficient (Wildman–Crippen LogP) is 3.39. The zero-order chi connectivity index (χ0) is 19.5. The highest BCUT2D eigenvalue weighted by atomic mass is 35.5. The Morgan fingerprint density at radius 3 is 2.82 bits per heavy atom. The fourth-order valence-corrected chi connectivity index (χ4v) is 4.20. The molecule has 0 fully saturated rings. The van der Waals surface area contributed by atoms with Gasteiger partial charge in [0.1, 0.15) is 18.3 Å². The number of carbonyl (C=O) groups is 1. The summed E-state index contributed by atoms with van der Waals surface area (Å²) in [7, 11) is 2.03. The molecule has 3 heterocycles. The average Bonchev–Trinajstić information content (AvgIpc) is 3.43. The molecule has 1 aliphatic heterocycles. The number of thiophene rings is 1. The van der Waals surface area contributed by atoms with Crippen molar-refractivity contribution < 1.29 is 14.1 Å². The third-order valence-corrected chi connectivity index (χ3v) is 5.74. The lowest BCUT2D eigenvalue weighted by Gasteiger charge is -2.21. The summed E-state index contributed by atoms with van der Waals surface area (Å²) in [6, 6.07) is 13.2. The summed E-state index contributed by atoms with van der Waals surface area (Å²) in [5.74, 6) is 0.731. The topological polar surface area (TPSA) is 50.2 Å². The van der Waals surface area contributed by atoms with Crippen LogP contribution < -0.4 is 4.90 Å². The highest BCUT2D eigenvalue weighted by Crippen LogP contribution is 2.33. The van der Waals surface area contributed by atoms with Gasteiger partial charge in [-0.2, -0.15) is 16.4 Å². The lowest BCUT2D eigenvalue weighted by molar-refractivity contribution is -0.885. The minimum Gasteiger partial charge on any atom is -0.467 e. The molecule has 2 aromatic heterocycles. The number of carbonyl (C=O) groups excluding carboxylic acids is 1. The van der Waals surface area contributed by atoms with Crippen molar-refractivity contribution in [2.45, 2.75) is 19.0 Å². The molecule has 144 valence electrons. The van der Waals surface area contributed by atoms with E-state index in [1.165, 1.54) is 5.56 Å². The number of hydrogen-bond acceptors (Lipinski definition) is 4. The maximum absolute atomic E-state index is 13.1. The van der Waals surface area contributed by atoms with E-state index in [4.69, 9.17) is 16.0 Å². The summed E-state index contributed by atoms with van der Waals surface area (Å²) in [5.41, 5.74) is 3.07. The van der Waals surface area contributed by atoms with Crippen LogP contribution in [0.4, 0.5) is 0 Å². The van der Waals surface area contributed by atoms with E-state index < -0.39 is 0 Å². The number of amides is 1. The third-order valence-electron chi connectivity index (χ3n) is 4.75. The summed E-state index contributed by atoms with van der Waals surface area (Å²) in [4.78, 5) is 14.2. The Hall–Kier alpha value is -2.41. The van der Waals surface area contributed by atoms with Crippen molar-refractivity contribution in [3.63, 3.8) is 0 Å². The van der Waals surface area contributed by atoms with E-state index in [0.29, 0.717) is 18.0 Å². The van der Waals surface area contributed by atoms with Gasteiger partial charge in [0.05, 0.1) is 19.0 Å². The number of nitrogens with zero attached hydrogens (tertiary/aromatic N) is 2. The first-order valence-corrected chi connectivity index (χ1v) is 10.4.